The Kier molecular flexibility index (Phi) is 4.08. The fraction of sp³-hybridized carbons (Fsp3) is 0.227. The first-order valence-electron chi connectivity index (χ1n) is 9.71. The van der Waals surface area contributed by atoms with Crippen LogP contribution in [0.25, 0.3) is 22.3 Å². The van der Waals surface area contributed by atoms with Gasteiger partial charge >= 0.3 is 0 Å². The number of nitrogens with zero attached hydrogens (tertiary/aromatic N) is 2. The van der Waals surface area contributed by atoms with Crippen molar-refractivity contribution in [1.82, 2.24) is 15.0 Å². The van der Waals surface area contributed by atoms with Crippen LogP contribution in [0.1, 0.15) is 30.2 Å². The van der Waals surface area contributed by atoms with Gasteiger partial charge in [-0.3, -0.25) is 4.79 Å². The molecule has 2 aliphatic rings. The van der Waals surface area contributed by atoms with Gasteiger partial charge in [0.25, 0.3) is 5.91 Å². The van der Waals surface area contributed by atoms with Crippen molar-refractivity contribution < 1.29 is 9.53 Å². The van der Waals surface area contributed by atoms with Gasteiger partial charge in [-0.2, -0.15) is 0 Å². The summed E-state index contributed by atoms with van der Waals surface area (Å²) in [6.07, 6.45) is 5.94. The van der Waals surface area contributed by atoms with E-state index in [4.69, 9.17) is 4.74 Å². The summed E-state index contributed by atoms with van der Waals surface area (Å²) < 4.78 is 5.64. The van der Waals surface area contributed by atoms with Crippen LogP contribution >= 0.6 is 0 Å². The summed E-state index contributed by atoms with van der Waals surface area (Å²) in [6, 6.07) is 6.04. The van der Waals surface area contributed by atoms with Crippen molar-refractivity contribution >= 4 is 28.4 Å². The highest BCUT2D eigenvalue weighted by Gasteiger charge is 2.28. The molecule has 2 aromatic heterocycles. The van der Waals surface area contributed by atoms with Crippen LogP contribution in [-0.4, -0.2) is 34.0 Å². The summed E-state index contributed by atoms with van der Waals surface area (Å²) in [6.45, 7) is 5.49. The molecule has 7 nitrogen and oxygen atoms in total. The Hall–Kier alpha value is -3.61. The topological polar surface area (TPSA) is 91.9 Å². The number of carbonyl (C=O) groups is 1. The van der Waals surface area contributed by atoms with Crippen molar-refractivity contribution in [1.29, 1.82) is 0 Å². The molecule has 7 heteroatoms. The van der Waals surface area contributed by atoms with E-state index in [0.717, 1.165) is 57.9 Å². The summed E-state index contributed by atoms with van der Waals surface area (Å²) in [7, 11) is 0. The average Bonchev–Trinajstić information content (AvgIpc) is 3.38. The van der Waals surface area contributed by atoms with E-state index < -0.39 is 0 Å². The Labute approximate surface area is 168 Å². The molecule has 2 aliphatic heterocycles. The second kappa shape index (κ2) is 6.77. The summed E-state index contributed by atoms with van der Waals surface area (Å²) in [5.41, 5.74) is 8.28. The summed E-state index contributed by atoms with van der Waals surface area (Å²) in [4.78, 5) is 24.5. The number of aromatic nitrogens is 3. The number of hydrogen-bond acceptors (Lipinski definition) is 5. The lowest BCUT2D eigenvalue weighted by molar-refractivity contribution is -0.110. The largest absolute Gasteiger partial charge is 0.474 e. The smallest absolute Gasteiger partial charge is 0.256 e. The molecule has 1 amide bonds. The van der Waals surface area contributed by atoms with Gasteiger partial charge in [-0.1, -0.05) is 13.0 Å². The zero-order valence-corrected chi connectivity index (χ0v) is 16.3. The van der Waals surface area contributed by atoms with E-state index in [9.17, 15) is 4.79 Å². The molecule has 146 valence electrons. The fourth-order valence-corrected chi connectivity index (χ4v) is 4.07. The Balaban J connectivity index is 1.66. The molecule has 0 fully saturated rings. The minimum atomic E-state index is -0.0843. The second-order valence-electron chi connectivity index (χ2n) is 7.14. The maximum absolute atomic E-state index is 12.8. The molecule has 29 heavy (non-hydrogen) atoms. The predicted octanol–water partition coefficient (Wildman–Crippen LogP) is 3.86. The lowest BCUT2D eigenvalue weighted by Crippen LogP contribution is -2.20. The van der Waals surface area contributed by atoms with Crippen molar-refractivity contribution in [3.63, 3.8) is 0 Å². The van der Waals surface area contributed by atoms with Crippen molar-refractivity contribution in [2.75, 3.05) is 23.8 Å². The molecule has 0 bridgehead atoms. The molecule has 0 saturated carbocycles. The number of fused-ring (bicyclic) bond motifs is 2. The number of ether oxygens (including phenoxy) is 1. The van der Waals surface area contributed by atoms with Gasteiger partial charge in [-0.05, 0) is 42.2 Å². The number of rotatable bonds is 3. The molecule has 3 aromatic rings. The van der Waals surface area contributed by atoms with Crippen molar-refractivity contribution in [2.45, 2.75) is 20.3 Å². The van der Waals surface area contributed by atoms with E-state index in [0.29, 0.717) is 18.1 Å². The van der Waals surface area contributed by atoms with Gasteiger partial charge in [0, 0.05) is 29.6 Å². The number of aromatic amines is 1. The summed E-state index contributed by atoms with van der Waals surface area (Å²) in [5, 5.41) is 6.37. The first-order chi connectivity index (χ1) is 14.2. The van der Waals surface area contributed by atoms with E-state index in [1.165, 1.54) is 0 Å². The van der Waals surface area contributed by atoms with Crippen molar-refractivity contribution in [3.05, 3.63) is 53.7 Å². The highest BCUT2D eigenvalue weighted by Crippen LogP contribution is 2.41. The van der Waals surface area contributed by atoms with Crippen LogP contribution in [0.4, 0.5) is 11.4 Å². The Bertz CT molecular complexity index is 1150. The van der Waals surface area contributed by atoms with Gasteiger partial charge in [-0.15, -0.1) is 0 Å². The molecule has 5 rings (SSSR count). The summed E-state index contributed by atoms with van der Waals surface area (Å²) >= 11 is 0. The van der Waals surface area contributed by atoms with E-state index in [2.05, 4.69) is 38.6 Å². The first kappa shape index (κ1) is 17.5. The number of anilines is 2. The molecule has 0 atom stereocenters. The molecule has 3 N–H and O–H groups in total. The van der Waals surface area contributed by atoms with Crippen LogP contribution < -0.4 is 15.4 Å². The molecule has 0 unspecified atom stereocenters. The van der Waals surface area contributed by atoms with Gasteiger partial charge in [0.05, 0.1) is 23.8 Å². The number of amides is 1. The number of pyridine rings is 1. The maximum atomic E-state index is 12.8. The van der Waals surface area contributed by atoms with Crippen LogP contribution in [0.15, 0.2) is 36.9 Å². The predicted molar refractivity (Wildman–Crippen MR) is 113 cm³/mol. The lowest BCUT2D eigenvalue weighted by Gasteiger charge is -2.21. The first-order valence-corrected chi connectivity index (χ1v) is 9.71. The highest BCUT2D eigenvalue weighted by molar-refractivity contribution is 6.36. The van der Waals surface area contributed by atoms with Crippen LogP contribution in [0.5, 0.6) is 5.88 Å². The summed E-state index contributed by atoms with van der Waals surface area (Å²) in [5.74, 6) is 0.558. The zero-order chi connectivity index (χ0) is 20.0. The van der Waals surface area contributed by atoms with E-state index in [1.807, 2.05) is 25.3 Å². The van der Waals surface area contributed by atoms with E-state index in [1.54, 1.807) is 12.5 Å². The molecular formula is C22H21N5O2. The Morgan fingerprint density at radius 3 is 2.93 bits per heavy atom. The number of H-pyrrole nitrogens is 1. The third-order valence-electron chi connectivity index (χ3n) is 5.50. The number of benzene rings is 1. The van der Waals surface area contributed by atoms with Gasteiger partial charge in [-0.25, -0.2) is 9.97 Å². The molecular weight excluding hydrogens is 366 g/mol. The maximum Gasteiger partial charge on any atom is 0.256 e. The van der Waals surface area contributed by atoms with Crippen LogP contribution in [0, 0.1) is 6.92 Å². The van der Waals surface area contributed by atoms with Crippen molar-refractivity contribution in [3.8, 4) is 17.0 Å². The SMILES string of the molecule is CCC(=C1C(=O)Nc2ccc(-c3cnc4c(c3C)NCCO4)cc21)c1cnc[nH]1. The monoisotopic (exact) mass is 387 g/mol. The zero-order valence-electron chi connectivity index (χ0n) is 16.3. The van der Waals surface area contributed by atoms with Gasteiger partial charge < -0.3 is 20.4 Å². The average molecular weight is 387 g/mol. The number of hydrogen-bond donors (Lipinski definition) is 3. The van der Waals surface area contributed by atoms with Crippen LogP contribution in [0.2, 0.25) is 0 Å². The van der Waals surface area contributed by atoms with Crippen molar-refractivity contribution in [2.24, 2.45) is 0 Å². The standard InChI is InChI=1S/C22H21N5O2/c1-3-14(18-10-23-11-26-18)19-15-8-13(4-5-17(15)27-21(19)28)16-9-25-22-20(12(16)2)24-6-7-29-22/h4-5,8-11,24H,3,6-7H2,1-2H3,(H,23,26)(H,27,28). The van der Waals surface area contributed by atoms with Gasteiger partial charge in [0.1, 0.15) is 12.3 Å². The van der Waals surface area contributed by atoms with Gasteiger partial charge in [0.2, 0.25) is 5.88 Å². The number of imidazole rings is 1. The fourth-order valence-electron chi connectivity index (χ4n) is 4.07. The highest BCUT2D eigenvalue weighted by atomic mass is 16.5. The number of nitrogens with one attached hydrogen (secondary N) is 3. The molecule has 0 spiro atoms. The quantitative estimate of drug-likeness (QED) is 0.594. The molecule has 4 heterocycles. The van der Waals surface area contributed by atoms with Crippen LogP contribution in [-0.2, 0) is 4.79 Å². The molecule has 0 aliphatic carbocycles. The second-order valence-corrected chi connectivity index (χ2v) is 7.14. The Morgan fingerprint density at radius 1 is 1.24 bits per heavy atom. The van der Waals surface area contributed by atoms with Crippen LogP contribution in [0.3, 0.4) is 0 Å². The minimum Gasteiger partial charge on any atom is -0.474 e. The van der Waals surface area contributed by atoms with Gasteiger partial charge in [0.15, 0.2) is 0 Å². The van der Waals surface area contributed by atoms with E-state index >= 15 is 0 Å². The minimum absolute atomic E-state index is 0.0843. The number of allylic oxidation sites excluding steroid dienone is 1. The third-order valence-corrected chi connectivity index (χ3v) is 5.50. The Morgan fingerprint density at radius 2 is 2.14 bits per heavy atom. The molecule has 0 saturated heterocycles. The third kappa shape index (κ3) is 2.77. The van der Waals surface area contributed by atoms with E-state index in [-0.39, 0.29) is 5.91 Å². The number of carbonyl (C=O) groups excluding carboxylic acids is 1. The lowest BCUT2D eigenvalue weighted by atomic mass is 9.93. The normalized spacial score (nSPS) is 16.4. The molecule has 0 radical (unpaired) electrons. The molecule has 1 aromatic carbocycles.